The van der Waals surface area contributed by atoms with Gasteiger partial charge in [0.25, 0.3) is 0 Å². The Labute approximate surface area is 163 Å². The second-order valence-electron chi connectivity index (χ2n) is 8.05. The summed E-state index contributed by atoms with van der Waals surface area (Å²) in [6, 6.07) is 6.08. The molecule has 0 spiro atoms. The van der Waals surface area contributed by atoms with Crippen molar-refractivity contribution >= 4 is 17.6 Å². The number of hydrogen-bond acceptors (Lipinski definition) is 6. The van der Waals surface area contributed by atoms with Crippen molar-refractivity contribution in [2.24, 2.45) is 0 Å². The first-order valence-corrected chi connectivity index (χ1v) is 10.0. The van der Waals surface area contributed by atoms with Crippen LogP contribution in [0, 0.1) is 0 Å². The Morgan fingerprint density at radius 2 is 2.04 bits per heavy atom. The summed E-state index contributed by atoms with van der Waals surface area (Å²) in [4.78, 5) is 16.6. The van der Waals surface area contributed by atoms with Crippen molar-refractivity contribution < 1.29 is 14.3 Å². The second-order valence-corrected chi connectivity index (χ2v) is 8.05. The van der Waals surface area contributed by atoms with E-state index < -0.39 is 0 Å². The number of aromatic nitrogens is 3. The molecule has 8 nitrogen and oxygen atoms in total. The lowest BCUT2D eigenvalue weighted by molar-refractivity contribution is -0.0600. The summed E-state index contributed by atoms with van der Waals surface area (Å²) in [7, 11) is 0. The van der Waals surface area contributed by atoms with Gasteiger partial charge in [0.1, 0.15) is 6.10 Å². The predicted molar refractivity (Wildman–Crippen MR) is 102 cm³/mol. The lowest BCUT2D eigenvalue weighted by Crippen LogP contribution is -2.48. The van der Waals surface area contributed by atoms with E-state index in [9.17, 15) is 4.79 Å². The van der Waals surface area contributed by atoms with Gasteiger partial charge in [0.15, 0.2) is 5.82 Å². The van der Waals surface area contributed by atoms with Crippen LogP contribution < -0.4 is 10.6 Å². The van der Waals surface area contributed by atoms with Crippen LogP contribution in [0.2, 0.25) is 0 Å². The molecule has 1 amide bonds. The Bertz CT molecular complexity index is 863. The minimum Gasteiger partial charge on any atom is -0.446 e. The summed E-state index contributed by atoms with van der Waals surface area (Å²) in [6.45, 7) is 2.00. The van der Waals surface area contributed by atoms with E-state index in [-0.39, 0.29) is 30.4 Å². The lowest BCUT2D eigenvalue weighted by atomic mass is 9.89. The van der Waals surface area contributed by atoms with E-state index in [0.717, 1.165) is 55.0 Å². The number of alkyl carbamates (subject to hydrolysis) is 1. The number of carbonyl (C=O) groups excluding carboxylic acids is 1. The molecule has 8 bridgehead atoms. The van der Waals surface area contributed by atoms with Crippen LogP contribution in [0.5, 0.6) is 0 Å². The van der Waals surface area contributed by atoms with Crippen LogP contribution in [0.25, 0.3) is 0 Å². The number of hydrogen-bond donors (Lipinski definition) is 3. The Morgan fingerprint density at radius 1 is 1.14 bits per heavy atom. The van der Waals surface area contributed by atoms with Gasteiger partial charge in [-0.15, -0.1) is 0 Å². The standard InChI is InChI=1S/C20H25N5O3/c1-11-17-9-13(4-5-21-17)22-19-10-18(24-25-19)12-2-3-15(6-12)28-20(26)23-14-7-16(8-14)27-11/h4-5,9-12,14-16H,2-3,6-8H2,1H3,(H,23,26)(H2,22,24,25)/t11-,12-,14?,15+,16?/m0/s1. The van der Waals surface area contributed by atoms with E-state index in [1.54, 1.807) is 6.20 Å². The van der Waals surface area contributed by atoms with E-state index in [2.05, 4.69) is 25.8 Å². The molecule has 2 saturated carbocycles. The van der Waals surface area contributed by atoms with Gasteiger partial charge in [-0.3, -0.25) is 10.1 Å². The van der Waals surface area contributed by atoms with E-state index in [4.69, 9.17) is 9.47 Å². The van der Waals surface area contributed by atoms with Crippen molar-refractivity contribution in [2.75, 3.05) is 5.32 Å². The smallest absolute Gasteiger partial charge is 0.407 e. The summed E-state index contributed by atoms with van der Waals surface area (Å²) in [6.07, 6.45) is 5.72. The monoisotopic (exact) mass is 383 g/mol. The van der Waals surface area contributed by atoms with Gasteiger partial charge in [-0.25, -0.2) is 4.79 Å². The first-order chi connectivity index (χ1) is 13.6. The van der Waals surface area contributed by atoms with Crippen LogP contribution in [-0.2, 0) is 9.47 Å². The van der Waals surface area contributed by atoms with Crippen LogP contribution in [-0.4, -0.2) is 39.5 Å². The Morgan fingerprint density at radius 3 is 2.93 bits per heavy atom. The Balaban J connectivity index is 1.39. The molecule has 0 saturated heterocycles. The molecule has 0 radical (unpaired) electrons. The largest absolute Gasteiger partial charge is 0.446 e. The molecule has 2 aliphatic carbocycles. The SMILES string of the molecule is C[C@@H]1OC2CC(C2)NC(=O)O[C@@H]2CC[C@@H](C2)c2cc(n[nH]2)Nc2ccnc1c2. The van der Waals surface area contributed by atoms with Crippen molar-refractivity contribution in [2.45, 2.75) is 69.3 Å². The van der Waals surface area contributed by atoms with E-state index >= 15 is 0 Å². The number of ether oxygens (including phenoxy) is 2. The first kappa shape index (κ1) is 17.5. The average molecular weight is 383 g/mol. The summed E-state index contributed by atoms with van der Waals surface area (Å²) < 4.78 is 11.7. The zero-order valence-corrected chi connectivity index (χ0v) is 15.9. The minimum atomic E-state index is -0.315. The molecule has 4 aliphatic rings. The number of carbonyl (C=O) groups is 1. The maximum Gasteiger partial charge on any atom is 0.407 e. The molecule has 3 atom stereocenters. The maximum atomic E-state index is 12.2. The third kappa shape index (κ3) is 3.56. The summed E-state index contributed by atoms with van der Waals surface area (Å²) >= 11 is 0. The van der Waals surface area contributed by atoms with E-state index in [0.29, 0.717) is 5.92 Å². The van der Waals surface area contributed by atoms with Crippen LogP contribution in [0.3, 0.4) is 0 Å². The molecular weight excluding hydrogens is 358 g/mol. The number of anilines is 2. The highest BCUT2D eigenvalue weighted by Crippen LogP contribution is 2.36. The fraction of sp³-hybridized carbons (Fsp3) is 0.550. The number of rotatable bonds is 0. The van der Waals surface area contributed by atoms with Gasteiger partial charge in [-0.2, -0.15) is 5.10 Å². The quantitative estimate of drug-likeness (QED) is 0.643. The second kappa shape index (κ2) is 7.09. The van der Waals surface area contributed by atoms with Crippen LogP contribution in [0.1, 0.15) is 62.4 Å². The molecule has 148 valence electrons. The highest BCUT2D eigenvalue weighted by Gasteiger charge is 2.35. The molecule has 4 heterocycles. The number of pyridine rings is 1. The van der Waals surface area contributed by atoms with Gasteiger partial charge < -0.3 is 20.1 Å². The average Bonchev–Trinajstić information content (AvgIpc) is 3.28. The zero-order valence-electron chi connectivity index (χ0n) is 15.9. The van der Waals surface area contributed by atoms with Crippen LogP contribution >= 0.6 is 0 Å². The molecule has 0 aromatic carbocycles. The van der Waals surface area contributed by atoms with Crippen molar-refractivity contribution in [1.82, 2.24) is 20.5 Å². The van der Waals surface area contributed by atoms with Crippen LogP contribution in [0.15, 0.2) is 24.4 Å². The highest BCUT2D eigenvalue weighted by molar-refractivity contribution is 5.68. The van der Waals surface area contributed by atoms with Crippen molar-refractivity contribution in [1.29, 1.82) is 0 Å². The highest BCUT2D eigenvalue weighted by atomic mass is 16.6. The number of nitrogens with one attached hydrogen (secondary N) is 3. The normalized spacial score (nSPS) is 32.2. The Hall–Kier alpha value is -2.61. The molecule has 3 N–H and O–H groups in total. The van der Waals surface area contributed by atoms with Gasteiger partial charge in [-0.05, 0) is 51.2 Å². The van der Waals surface area contributed by atoms with Gasteiger partial charge in [0.2, 0.25) is 0 Å². The minimum absolute atomic E-state index is 0.0431. The molecule has 2 fully saturated rings. The molecule has 2 aliphatic heterocycles. The summed E-state index contributed by atoms with van der Waals surface area (Å²) in [5, 5.41) is 13.8. The predicted octanol–water partition coefficient (Wildman–Crippen LogP) is 3.53. The van der Waals surface area contributed by atoms with Crippen LogP contribution in [0.4, 0.5) is 16.3 Å². The summed E-state index contributed by atoms with van der Waals surface area (Å²) in [5.74, 6) is 1.10. The lowest BCUT2D eigenvalue weighted by Gasteiger charge is -2.37. The molecule has 6 rings (SSSR count). The topological polar surface area (TPSA) is 101 Å². The van der Waals surface area contributed by atoms with Gasteiger partial charge in [0.05, 0.1) is 17.9 Å². The van der Waals surface area contributed by atoms with Crippen molar-refractivity contribution in [3.05, 3.63) is 35.8 Å². The maximum absolute atomic E-state index is 12.2. The fourth-order valence-corrected chi connectivity index (χ4v) is 4.34. The zero-order chi connectivity index (χ0) is 19.1. The fourth-order valence-electron chi connectivity index (χ4n) is 4.34. The molecule has 2 aromatic rings. The van der Waals surface area contributed by atoms with Crippen molar-refractivity contribution in [3.63, 3.8) is 0 Å². The number of amides is 1. The summed E-state index contributed by atoms with van der Waals surface area (Å²) in [5.41, 5.74) is 2.88. The molecule has 8 heteroatoms. The third-order valence-electron chi connectivity index (χ3n) is 5.98. The van der Waals surface area contributed by atoms with Crippen molar-refractivity contribution in [3.8, 4) is 0 Å². The number of nitrogens with zero attached hydrogens (tertiary/aromatic N) is 2. The first-order valence-electron chi connectivity index (χ1n) is 10.0. The molecule has 0 unspecified atom stereocenters. The van der Waals surface area contributed by atoms with Gasteiger partial charge >= 0.3 is 6.09 Å². The molecule has 2 aromatic heterocycles. The third-order valence-corrected chi connectivity index (χ3v) is 5.98. The van der Waals surface area contributed by atoms with Gasteiger partial charge in [0, 0.05) is 35.6 Å². The molecular formula is C20H25N5O3. The number of aromatic amines is 1. The van der Waals surface area contributed by atoms with E-state index in [1.165, 1.54) is 0 Å². The molecule has 28 heavy (non-hydrogen) atoms. The Kier molecular flexibility index (Phi) is 4.43. The van der Waals surface area contributed by atoms with Gasteiger partial charge in [-0.1, -0.05) is 0 Å². The van der Waals surface area contributed by atoms with E-state index in [1.807, 2.05) is 25.1 Å². The number of fused-ring (bicyclic) bond motifs is 3. The number of H-pyrrole nitrogens is 1.